The van der Waals surface area contributed by atoms with E-state index in [4.69, 9.17) is 11.6 Å². The highest BCUT2D eigenvalue weighted by Crippen LogP contribution is 2.17. The normalized spacial score (nSPS) is 20.6. The van der Waals surface area contributed by atoms with Crippen LogP contribution >= 0.6 is 11.6 Å². The maximum absolute atomic E-state index is 12.5. The zero-order valence-corrected chi connectivity index (χ0v) is 12.2. The largest absolute Gasteiger partial charge is 0.333 e. The van der Waals surface area contributed by atoms with Crippen molar-refractivity contribution in [3.05, 3.63) is 29.0 Å². The van der Waals surface area contributed by atoms with Gasteiger partial charge < -0.3 is 4.90 Å². The van der Waals surface area contributed by atoms with Crippen molar-refractivity contribution in [1.29, 1.82) is 0 Å². The first-order valence-electron chi connectivity index (χ1n) is 6.80. The molecule has 1 fully saturated rings. The van der Waals surface area contributed by atoms with Gasteiger partial charge in [0.2, 0.25) is 0 Å². The van der Waals surface area contributed by atoms with Gasteiger partial charge in [-0.3, -0.25) is 9.69 Å². The summed E-state index contributed by atoms with van der Waals surface area (Å²) in [5.74, 6) is 0.0619. The van der Waals surface area contributed by atoms with Crippen LogP contribution in [0.25, 0.3) is 0 Å². The topological polar surface area (TPSA) is 36.4 Å². The Balaban J connectivity index is 2.14. The fourth-order valence-electron chi connectivity index (χ4n) is 2.53. The number of piperazine rings is 1. The summed E-state index contributed by atoms with van der Waals surface area (Å²) < 4.78 is 0. The fourth-order valence-corrected chi connectivity index (χ4v) is 2.70. The molecule has 1 aliphatic rings. The second-order valence-corrected chi connectivity index (χ2v) is 5.21. The van der Waals surface area contributed by atoms with Crippen molar-refractivity contribution in [2.45, 2.75) is 26.3 Å². The lowest BCUT2D eigenvalue weighted by Crippen LogP contribution is -2.54. The van der Waals surface area contributed by atoms with E-state index < -0.39 is 0 Å². The number of carbonyl (C=O) groups is 1. The van der Waals surface area contributed by atoms with Gasteiger partial charge in [-0.15, -0.1) is 0 Å². The summed E-state index contributed by atoms with van der Waals surface area (Å²) in [7, 11) is 0. The number of likely N-dealkylation sites (N-methyl/N-ethyl adjacent to an activating group) is 1. The first-order chi connectivity index (χ1) is 9.15. The predicted octanol–water partition coefficient (Wildman–Crippen LogP) is 2.29. The molecule has 4 nitrogen and oxygen atoms in total. The molecule has 1 saturated heterocycles. The third-order valence-corrected chi connectivity index (χ3v) is 3.93. The zero-order valence-electron chi connectivity index (χ0n) is 11.5. The summed E-state index contributed by atoms with van der Waals surface area (Å²) in [6.07, 6.45) is 2.56. The molecule has 0 bridgehead atoms. The van der Waals surface area contributed by atoms with Gasteiger partial charge in [0.25, 0.3) is 5.91 Å². The summed E-state index contributed by atoms with van der Waals surface area (Å²) in [5.41, 5.74) is 0.628. The minimum Gasteiger partial charge on any atom is -0.333 e. The molecule has 104 valence electrons. The molecule has 1 aromatic rings. The minimum absolute atomic E-state index is 0.0619. The highest BCUT2D eigenvalue weighted by molar-refractivity contribution is 6.29. The Hall–Kier alpha value is -1.13. The van der Waals surface area contributed by atoms with Crippen LogP contribution in [-0.2, 0) is 0 Å². The standard InChI is InChI=1S/C14H20ClN3O/c1-3-12-10-17(4-2)7-8-18(12)14(19)11-5-6-16-13(15)9-11/h5-6,9,12H,3-4,7-8,10H2,1-2H3. The molecule has 1 atom stereocenters. The lowest BCUT2D eigenvalue weighted by atomic mass is 10.1. The van der Waals surface area contributed by atoms with Crippen LogP contribution in [0.4, 0.5) is 0 Å². The van der Waals surface area contributed by atoms with Crippen LogP contribution < -0.4 is 0 Å². The average Bonchev–Trinajstić information content (AvgIpc) is 2.45. The van der Waals surface area contributed by atoms with Gasteiger partial charge in [0.05, 0.1) is 0 Å². The number of hydrogen-bond donors (Lipinski definition) is 0. The summed E-state index contributed by atoms with van der Waals surface area (Å²) >= 11 is 5.85. The number of carbonyl (C=O) groups excluding carboxylic acids is 1. The second-order valence-electron chi connectivity index (χ2n) is 4.82. The number of aromatic nitrogens is 1. The zero-order chi connectivity index (χ0) is 13.8. The van der Waals surface area contributed by atoms with E-state index in [-0.39, 0.29) is 11.9 Å². The molecule has 2 rings (SSSR count). The van der Waals surface area contributed by atoms with Gasteiger partial charge >= 0.3 is 0 Å². The van der Waals surface area contributed by atoms with Crippen LogP contribution in [0.1, 0.15) is 30.6 Å². The van der Waals surface area contributed by atoms with Crippen LogP contribution in [-0.4, -0.2) is 52.9 Å². The van der Waals surface area contributed by atoms with Gasteiger partial charge in [-0.25, -0.2) is 4.98 Å². The highest BCUT2D eigenvalue weighted by Gasteiger charge is 2.29. The molecule has 1 aliphatic heterocycles. The fraction of sp³-hybridized carbons (Fsp3) is 0.571. The van der Waals surface area contributed by atoms with E-state index in [1.54, 1.807) is 18.3 Å². The third kappa shape index (κ3) is 3.25. The number of nitrogens with zero attached hydrogens (tertiary/aromatic N) is 3. The van der Waals surface area contributed by atoms with Crippen molar-refractivity contribution in [2.24, 2.45) is 0 Å². The Morgan fingerprint density at radius 1 is 1.47 bits per heavy atom. The number of hydrogen-bond acceptors (Lipinski definition) is 3. The lowest BCUT2D eigenvalue weighted by molar-refractivity contribution is 0.0456. The third-order valence-electron chi connectivity index (χ3n) is 3.72. The van der Waals surface area contributed by atoms with Crippen LogP contribution in [0, 0.1) is 0 Å². The second kappa shape index (κ2) is 6.35. The molecule has 0 aromatic carbocycles. The Kier molecular flexibility index (Phi) is 4.77. The molecule has 5 heteroatoms. The van der Waals surface area contributed by atoms with Crippen molar-refractivity contribution in [2.75, 3.05) is 26.2 Å². The first-order valence-corrected chi connectivity index (χ1v) is 7.18. The first kappa shape index (κ1) is 14.3. The van der Waals surface area contributed by atoms with Crippen LogP contribution in [0.5, 0.6) is 0 Å². The Morgan fingerprint density at radius 3 is 2.89 bits per heavy atom. The average molecular weight is 282 g/mol. The lowest BCUT2D eigenvalue weighted by Gasteiger charge is -2.41. The Bertz CT molecular complexity index is 452. The van der Waals surface area contributed by atoms with Crippen molar-refractivity contribution >= 4 is 17.5 Å². The number of halogens is 1. The van der Waals surface area contributed by atoms with E-state index in [0.717, 1.165) is 32.6 Å². The Morgan fingerprint density at radius 2 is 2.26 bits per heavy atom. The van der Waals surface area contributed by atoms with Gasteiger partial charge in [-0.1, -0.05) is 25.4 Å². The van der Waals surface area contributed by atoms with Crippen molar-refractivity contribution < 1.29 is 4.79 Å². The summed E-state index contributed by atoms with van der Waals surface area (Å²) in [4.78, 5) is 20.8. The molecule has 1 aromatic heterocycles. The van der Waals surface area contributed by atoms with Crippen LogP contribution in [0.15, 0.2) is 18.3 Å². The van der Waals surface area contributed by atoms with E-state index >= 15 is 0 Å². The number of rotatable bonds is 3. The number of amides is 1. The predicted molar refractivity (Wildman–Crippen MR) is 76.5 cm³/mol. The van der Waals surface area contributed by atoms with Gasteiger partial charge in [0, 0.05) is 37.4 Å². The summed E-state index contributed by atoms with van der Waals surface area (Å²) in [5, 5.41) is 0.367. The van der Waals surface area contributed by atoms with Crippen LogP contribution in [0.3, 0.4) is 0 Å². The minimum atomic E-state index is 0.0619. The van der Waals surface area contributed by atoms with Crippen molar-refractivity contribution in [3.63, 3.8) is 0 Å². The molecule has 0 aliphatic carbocycles. The van der Waals surface area contributed by atoms with Gasteiger partial charge in [0.15, 0.2) is 0 Å². The van der Waals surface area contributed by atoms with Gasteiger partial charge in [-0.05, 0) is 25.1 Å². The molecular formula is C14H20ClN3O. The molecule has 0 spiro atoms. The summed E-state index contributed by atoms with van der Waals surface area (Å²) in [6, 6.07) is 3.66. The van der Waals surface area contributed by atoms with E-state index in [0.29, 0.717) is 10.7 Å². The van der Waals surface area contributed by atoms with Gasteiger partial charge in [0.1, 0.15) is 5.15 Å². The monoisotopic (exact) mass is 281 g/mol. The van der Waals surface area contributed by atoms with E-state index in [1.165, 1.54) is 0 Å². The quantitative estimate of drug-likeness (QED) is 0.798. The van der Waals surface area contributed by atoms with E-state index in [2.05, 4.69) is 23.7 Å². The SMILES string of the molecule is CCC1CN(CC)CCN1C(=O)c1ccnc(Cl)c1. The molecule has 1 unspecified atom stereocenters. The van der Waals surface area contributed by atoms with Crippen LogP contribution in [0.2, 0.25) is 5.15 Å². The molecule has 2 heterocycles. The molecule has 0 N–H and O–H groups in total. The molecule has 0 saturated carbocycles. The maximum atomic E-state index is 12.5. The van der Waals surface area contributed by atoms with Crippen molar-refractivity contribution in [3.8, 4) is 0 Å². The summed E-state index contributed by atoms with van der Waals surface area (Å²) in [6.45, 7) is 8.01. The smallest absolute Gasteiger partial charge is 0.254 e. The van der Waals surface area contributed by atoms with Crippen molar-refractivity contribution in [1.82, 2.24) is 14.8 Å². The van der Waals surface area contributed by atoms with Gasteiger partial charge in [-0.2, -0.15) is 0 Å². The maximum Gasteiger partial charge on any atom is 0.254 e. The molecular weight excluding hydrogens is 262 g/mol. The molecule has 0 radical (unpaired) electrons. The number of pyridine rings is 1. The highest BCUT2D eigenvalue weighted by atomic mass is 35.5. The molecule has 19 heavy (non-hydrogen) atoms. The van der Waals surface area contributed by atoms with E-state index in [9.17, 15) is 4.79 Å². The Labute approximate surface area is 119 Å². The molecule has 1 amide bonds. The van der Waals surface area contributed by atoms with E-state index in [1.807, 2.05) is 4.90 Å².